The van der Waals surface area contributed by atoms with Crippen molar-refractivity contribution in [3.8, 4) is 5.75 Å². The molecule has 4 nitrogen and oxygen atoms in total. The minimum atomic E-state index is -0.356. The largest absolute Gasteiger partial charge is 0.465 e. The second kappa shape index (κ2) is 6.62. The Labute approximate surface area is 158 Å². The third kappa shape index (κ3) is 3.61. The van der Waals surface area contributed by atoms with Crippen molar-refractivity contribution < 1.29 is 18.7 Å². The van der Waals surface area contributed by atoms with E-state index >= 15 is 0 Å². The molecule has 138 valence electrons. The van der Waals surface area contributed by atoms with Gasteiger partial charge in [-0.15, -0.1) is 0 Å². The van der Waals surface area contributed by atoms with Gasteiger partial charge >= 0.3 is 5.97 Å². The molecule has 27 heavy (non-hydrogen) atoms. The van der Waals surface area contributed by atoms with Crippen LogP contribution in [0.25, 0.3) is 12.2 Å². The van der Waals surface area contributed by atoms with Crippen molar-refractivity contribution in [1.29, 1.82) is 0 Å². The SMILES string of the molecule is C=C1C=Cc2cc3c(cc2O1)CC(C)(C)C(OC(=O)/C=C/c1ccco1)C3. The first-order valence-electron chi connectivity index (χ1n) is 9.03. The molecule has 0 saturated carbocycles. The maximum absolute atomic E-state index is 12.3. The Bertz CT molecular complexity index is 945. The van der Waals surface area contributed by atoms with E-state index in [2.05, 4.69) is 32.6 Å². The van der Waals surface area contributed by atoms with E-state index in [1.54, 1.807) is 24.5 Å². The summed E-state index contributed by atoms with van der Waals surface area (Å²) in [5.74, 6) is 1.76. The molecule has 2 heterocycles. The van der Waals surface area contributed by atoms with Gasteiger partial charge in [0.2, 0.25) is 0 Å². The van der Waals surface area contributed by atoms with Gasteiger partial charge in [-0.05, 0) is 60.0 Å². The molecule has 0 fully saturated rings. The number of rotatable bonds is 3. The molecular weight excluding hydrogens is 340 g/mol. The molecule has 1 aromatic carbocycles. The van der Waals surface area contributed by atoms with E-state index in [0.29, 0.717) is 17.9 Å². The number of esters is 1. The number of fused-ring (bicyclic) bond motifs is 2. The van der Waals surface area contributed by atoms with Gasteiger partial charge in [-0.2, -0.15) is 0 Å². The van der Waals surface area contributed by atoms with Gasteiger partial charge < -0.3 is 13.9 Å². The van der Waals surface area contributed by atoms with E-state index < -0.39 is 0 Å². The maximum atomic E-state index is 12.3. The molecule has 0 saturated heterocycles. The molecule has 0 N–H and O–H groups in total. The lowest BCUT2D eigenvalue weighted by molar-refractivity contribution is -0.149. The van der Waals surface area contributed by atoms with Gasteiger partial charge in [0.1, 0.15) is 23.4 Å². The van der Waals surface area contributed by atoms with Crippen LogP contribution < -0.4 is 4.74 Å². The Morgan fingerprint density at radius 3 is 2.93 bits per heavy atom. The quantitative estimate of drug-likeness (QED) is 0.573. The third-order valence-electron chi connectivity index (χ3n) is 5.13. The van der Waals surface area contributed by atoms with Crippen molar-refractivity contribution in [1.82, 2.24) is 0 Å². The Balaban J connectivity index is 1.54. The molecule has 0 amide bonds. The van der Waals surface area contributed by atoms with Gasteiger partial charge in [0.25, 0.3) is 0 Å². The zero-order valence-electron chi connectivity index (χ0n) is 15.5. The third-order valence-corrected chi connectivity index (χ3v) is 5.13. The summed E-state index contributed by atoms with van der Waals surface area (Å²) in [6, 6.07) is 7.79. The average molecular weight is 362 g/mol. The molecule has 1 unspecified atom stereocenters. The van der Waals surface area contributed by atoms with Crippen LogP contribution in [0.2, 0.25) is 0 Å². The van der Waals surface area contributed by atoms with Gasteiger partial charge in [0.05, 0.1) is 6.26 Å². The van der Waals surface area contributed by atoms with Crippen LogP contribution in [0.4, 0.5) is 0 Å². The number of ether oxygens (including phenoxy) is 2. The first kappa shape index (κ1) is 17.4. The second-order valence-corrected chi connectivity index (χ2v) is 7.70. The minimum Gasteiger partial charge on any atom is -0.465 e. The van der Waals surface area contributed by atoms with Crippen molar-refractivity contribution >= 4 is 18.1 Å². The molecule has 4 heteroatoms. The number of allylic oxidation sites excluding steroid dienone is 1. The maximum Gasteiger partial charge on any atom is 0.331 e. The highest BCUT2D eigenvalue weighted by Crippen LogP contribution is 2.40. The molecule has 4 rings (SSSR count). The fraction of sp³-hybridized carbons (Fsp3) is 0.261. The standard InChI is InChI=1S/C23H22O4/c1-15-6-7-16-11-17-13-21(23(2,3)14-18(17)12-20(16)26-15)27-22(24)9-8-19-5-4-10-25-19/h4-12,21H,1,13-14H2,2-3H3/b9-8+. The Morgan fingerprint density at radius 1 is 1.30 bits per heavy atom. The summed E-state index contributed by atoms with van der Waals surface area (Å²) < 4.78 is 16.7. The van der Waals surface area contributed by atoms with E-state index in [1.165, 1.54) is 17.2 Å². The molecule has 0 spiro atoms. The van der Waals surface area contributed by atoms with E-state index in [1.807, 2.05) is 12.2 Å². The van der Waals surface area contributed by atoms with Crippen molar-refractivity contribution in [3.63, 3.8) is 0 Å². The predicted molar refractivity (Wildman–Crippen MR) is 104 cm³/mol. The van der Waals surface area contributed by atoms with Crippen LogP contribution in [-0.4, -0.2) is 12.1 Å². The van der Waals surface area contributed by atoms with E-state index in [0.717, 1.165) is 17.7 Å². The van der Waals surface area contributed by atoms with Gasteiger partial charge in [-0.3, -0.25) is 0 Å². The monoisotopic (exact) mass is 362 g/mol. The zero-order valence-corrected chi connectivity index (χ0v) is 15.5. The number of hydrogen-bond acceptors (Lipinski definition) is 4. The number of carbonyl (C=O) groups excluding carboxylic acids is 1. The Morgan fingerprint density at radius 2 is 2.15 bits per heavy atom. The molecule has 2 aliphatic rings. The summed E-state index contributed by atoms with van der Waals surface area (Å²) in [6.07, 6.45) is 9.78. The second-order valence-electron chi connectivity index (χ2n) is 7.70. The average Bonchev–Trinajstić information content (AvgIpc) is 3.12. The fourth-order valence-electron chi connectivity index (χ4n) is 3.61. The Hall–Kier alpha value is -3.01. The van der Waals surface area contributed by atoms with Crippen LogP contribution in [0.3, 0.4) is 0 Å². The molecule has 1 aliphatic carbocycles. The van der Waals surface area contributed by atoms with Gasteiger partial charge in [0.15, 0.2) is 0 Å². The van der Waals surface area contributed by atoms with Crippen molar-refractivity contribution in [2.45, 2.75) is 32.8 Å². The van der Waals surface area contributed by atoms with Crippen LogP contribution in [-0.2, 0) is 22.4 Å². The van der Waals surface area contributed by atoms with Crippen LogP contribution in [0, 0.1) is 5.41 Å². The van der Waals surface area contributed by atoms with Crippen molar-refractivity contribution in [3.05, 3.63) is 77.5 Å². The van der Waals surface area contributed by atoms with Crippen LogP contribution in [0.5, 0.6) is 5.75 Å². The lowest BCUT2D eigenvalue weighted by Gasteiger charge is -2.39. The normalized spacial score (nSPS) is 20.1. The summed E-state index contributed by atoms with van der Waals surface area (Å²) in [7, 11) is 0. The smallest absolute Gasteiger partial charge is 0.331 e. The van der Waals surface area contributed by atoms with Crippen molar-refractivity contribution in [2.24, 2.45) is 5.41 Å². The van der Waals surface area contributed by atoms with Crippen molar-refractivity contribution in [2.75, 3.05) is 0 Å². The lowest BCUT2D eigenvalue weighted by atomic mass is 9.71. The number of hydrogen-bond donors (Lipinski definition) is 0. The van der Waals surface area contributed by atoms with E-state index in [9.17, 15) is 4.79 Å². The number of furan rings is 1. The highest BCUT2D eigenvalue weighted by atomic mass is 16.5. The molecular formula is C23H22O4. The summed E-state index contributed by atoms with van der Waals surface area (Å²) in [5, 5.41) is 0. The highest BCUT2D eigenvalue weighted by molar-refractivity contribution is 5.86. The molecule has 0 radical (unpaired) electrons. The summed E-state index contributed by atoms with van der Waals surface area (Å²) in [4.78, 5) is 12.3. The first-order chi connectivity index (χ1) is 12.9. The number of benzene rings is 1. The predicted octanol–water partition coefficient (Wildman–Crippen LogP) is 4.95. The highest BCUT2D eigenvalue weighted by Gasteiger charge is 2.38. The van der Waals surface area contributed by atoms with Crippen LogP contribution in [0.1, 0.15) is 36.3 Å². The van der Waals surface area contributed by atoms with Gasteiger partial charge in [-0.1, -0.05) is 20.4 Å². The van der Waals surface area contributed by atoms with Crippen LogP contribution >= 0.6 is 0 Å². The molecule has 1 atom stereocenters. The summed E-state index contributed by atoms with van der Waals surface area (Å²) in [5.41, 5.74) is 3.29. The minimum absolute atomic E-state index is 0.170. The lowest BCUT2D eigenvalue weighted by Crippen LogP contribution is -2.40. The molecule has 1 aromatic heterocycles. The molecule has 2 aromatic rings. The molecule has 0 bridgehead atoms. The topological polar surface area (TPSA) is 48.7 Å². The van der Waals surface area contributed by atoms with Gasteiger partial charge in [-0.25, -0.2) is 4.79 Å². The Kier molecular flexibility index (Phi) is 4.27. The zero-order chi connectivity index (χ0) is 19.0. The van der Waals surface area contributed by atoms with Crippen LogP contribution in [0.15, 0.2) is 59.4 Å². The van der Waals surface area contributed by atoms with Gasteiger partial charge in [0, 0.05) is 23.5 Å². The van der Waals surface area contributed by atoms with E-state index in [-0.39, 0.29) is 17.5 Å². The molecule has 1 aliphatic heterocycles. The number of carbonyl (C=O) groups is 1. The summed E-state index contributed by atoms with van der Waals surface area (Å²) in [6.45, 7) is 8.11. The first-order valence-corrected chi connectivity index (χ1v) is 9.03. The van der Waals surface area contributed by atoms with E-state index in [4.69, 9.17) is 13.9 Å². The summed E-state index contributed by atoms with van der Waals surface area (Å²) >= 11 is 0. The fourth-order valence-corrected chi connectivity index (χ4v) is 3.61.